The molecule has 1 N–H and O–H groups in total. The normalized spacial score (nSPS) is 24.2. The molecule has 108 valence electrons. The van der Waals surface area contributed by atoms with E-state index in [1.165, 1.54) is 0 Å². The Morgan fingerprint density at radius 3 is 2.68 bits per heavy atom. The van der Waals surface area contributed by atoms with Gasteiger partial charge in [0.25, 0.3) is 0 Å². The molecule has 1 atom stereocenters. The van der Waals surface area contributed by atoms with Crippen LogP contribution in [0.2, 0.25) is 0 Å². The lowest BCUT2D eigenvalue weighted by Gasteiger charge is -2.36. The van der Waals surface area contributed by atoms with E-state index in [1.54, 1.807) is 6.08 Å². The van der Waals surface area contributed by atoms with Gasteiger partial charge in [0.1, 0.15) is 0 Å². The van der Waals surface area contributed by atoms with E-state index in [0.717, 1.165) is 18.4 Å². The summed E-state index contributed by atoms with van der Waals surface area (Å²) >= 11 is 0. The highest BCUT2D eigenvalue weighted by atomic mass is 16.5. The van der Waals surface area contributed by atoms with Crippen LogP contribution in [0.5, 0.6) is 0 Å². The predicted molar refractivity (Wildman–Crippen MR) is 72.7 cm³/mol. The second-order valence-electron chi connectivity index (χ2n) is 5.85. The van der Waals surface area contributed by atoms with Crippen molar-refractivity contribution in [3.05, 3.63) is 11.6 Å². The summed E-state index contributed by atoms with van der Waals surface area (Å²) in [5.41, 5.74) is 0.761. The van der Waals surface area contributed by atoms with Crippen LogP contribution in [0, 0.1) is 11.3 Å². The van der Waals surface area contributed by atoms with Crippen LogP contribution in [0.1, 0.15) is 52.9 Å². The third-order valence-corrected chi connectivity index (χ3v) is 3.77. The number of esters is 1. The van der Waals surface area contributed by atoms with E-state index in [2.05, 4.69) is 0 Å². The quantitative estimate of drug-likeness (QED) is 0.472. The first-order valence-corrected chi connectivity index (χ1v) is 6.97. The van der Waals surface area contributed by atoms with Crippen molar-refractivity contribution in [2.45, 2.75) is 52.9 Å². The molecule has 0 aromatic rings. The lowest BCUT2D eigenvalue weighted by molar-refractivity contribution is -0.143. The Labute approximate surface area is 114 Å². The van der Waals surface area contributed by atoms with Gasteiger partial charge in [-0.25, -0.2) is 4.79 Å². The Morgan fingerprint density at radius 2 is 2.16 bits per heavy atom. The van der Waals surface area contributed by atoms with E-state index < -0.39 is 5.97 Å². The third-order valence-electron chi connectivity index (χ3n) is 3.77. The lowest BCUT2D eigenvalue weighted by Crippen LogP contribution is -2.30. The van der Waals surface area contributed by atoms with Gasteiger partial charge >= 0.3 is 11.9 Å². The van der Waals surface area contributed by atoms with Crippen LogP contribution in [-0.2, 0) is 14.3 Å². The number of allylic oxidation sites excluding steroid dienone is 1. The van der Waals surface area contributed by atoms with E-state index >= 15 is 0 Å². The Bertz CT molecular complexity index is 368. The molecule has 0 aliphatic heterocycles. The van der Waals surface area contributed by atoms with Crippen LogP contribution < -0.4 is 0 Å². The zero-order valence-corrected chi connectivity index (χ0v) is 12.1. The van der Waals surface area contributed by atoms with E-state index in [1.807, 2.05) is 20.8 Å². The number of hydrogen-bond acceptors (Lipinski definition) is 3. The van der Waals surface area contributed by atoms with E-state index in [-0.39, 0.29) is 17.3 Å². The molecule has 0 aromatic carbocycles. The Hall–Kier alpha value is -1.32. The molecule has 0 saturated heterocycles. The minimum atomic E-state index is -0.738. The molecule has 19 heavy (non-hydrogen) atoms. The molecule has 1 unspecified atom stereocenters. The highest BCUT2D eigenvalue weighted by molar-refractivity contribution is 5.83. The summed E-state index contributed by atoms with van der Waals surface area (Å²) in [7, 11) is 0. The van der Waals surface area contributed by atoms with Crippen molar-refractivity contribution in [2.24, 2.45) is 11.3 Å². The summed E-state index contributed by atoms with van der Waals surface area (Å²) in [4.78, 5) is 22.7. The van der Waals surface area contributed by atoms with Crippen molar-refractivity contribution < 1.29 is 19.4 Å². The van der Waals surface area contributed by atoms with Crippen LogP contribution in [0.3, 0.4) is 0 Å². The fourth-order valence-corrected chi connectivity index (χ4v) is 2.50. The minimum Gasteiger partial charge on any atom is -0.481 e. The molecule has 0 amide bonds. The number of carbonyl (C=O) groups excluding carboxylic acids is 1. The molecule has 0 radical (unpaired) electrons. The van der Waals surface area contributed by atoms with Crippen molar-refractivity contribution >= 4 is 11.9 Å². The topological polar surface area (TPSA) is 63.6 Å². The molecular formula is C15H24O4. The van der Waals surface area contributed by atoms with Crippen molar-refractivity contribution in [3.8, 4) is 0 Å². The molecule has 0 heterocycles. The number of carboxylic acids is 1. The average Bonchev–Trinajstić information content (AvgIpc) is 2.31. The van der Waals surface area contributed by atoms with Crippen LogP contribution >= 0.6 is 0 Å². The SMILES string of the molecule is CCCCOC(=O)/C=C1\CCC(C(=O)O)CC1(C)C. The van der Waals surface area contributed by atoms with Gasteiger partial charge in [-0.2, -0.15) is 0 Å². The Balaban J connectivity index is 2.63. The fraction of sp³-hybridized carbons (Fsp3) is 0.733. The predicted octanol–water partition coefficient (Wildman–Crippen LogP) is 3.17. The molecule has 1 rings (SSSR count). The fourth-order valence-electron chi connectivity index (χ4n) is 2.50. The molecular weight excluding hydrogens is 244 g/mol. The summed E-state index contributed by atoms with van der Waals surface area (Å²) < 4.78 is 5.12. The number of aliphatic carboxylic acids is 1. The zero-order chi connectivity index (χ0) is 14.5. The maximum absolute atomic E-state index is 11.7. The third kappa shape index (κ3) is 4.69. The molecule has 4 nitrogen and oxygen atoms in total. The van der Waals surface area contributed by atoms with Crippen molar-refractivity contribution in [2.75, 3.05) is 6.61 Å². The second kappa shape index (κ2) is 6.73. The maximum atomic E-state index is 11.7. The van der Waals surface area contributed by atoms with Gasteiger partial charge in [0.15, 0.2) is 0 Å². The van der Waals surface area contributed by atoms with Crippen molar-refractivity contribution in [1.82, 2.24) is 0 Å². The van der Waals surface area contributed by atoms with Crippen LogP contribution in [0.15, 0.2) is 11.6 Å². The number of hydrogen-bond donors (Lipinski definition) is 1. The molecule has 0 bridgehead atoms. The standard InChI is InChI=1S/C15H24O4/c1-4-5-8-19-13(16)9-12-7-6-11(14(17)18)10-15(12,2)3/h9,11H,4-8,10H2,1-3H3,(H,17,18)/b12-9+. The number of ether oxygens (including phenoxy) is 1. The largest absolute Gasteiger partial charge is 0.481 e. The smallest absolute Gasteiger partial charge is 0.330 e. The van der Waals surface area contributed by atoms with Gasteiger partial charge in [-0.1, -0.05) is 32.8 Å². The van der Waals surface area contributed by atoms with Gasteiger partial charge in [0.05, 0.1) is 12.5 Å². The first-order valence-electron chi connectivity index (χ1n) is 6.97. The zero-order valence-electron chi connectivity index (χ0n) is 12.1. The summed E-state index contributed by atoms with van der Waals surface area (Å²) in [6.45, 7) is 6.49. The van der Waals surface area contributed by atoms with Crippen molar-refractivity contribution in [3.63, 3.8) is 0 Å². The van der Waals surface area contributed by atoms with Gasteiger partial charge in [-0.05, 0) is 31.1 Å². The molecule has 1 aliphatic rings. The van der Waals surface area contributed by atoms with Gasteiger partial charge < -0.3 is 9.84 Å². The molecule has 1 saturated carbocycles. The monoisotopic (exact) mass is 268 g/mol. The summed E-state index contributed by atoms with van der Waals surface area (Å²) in [6.07, 6.45) is 5.28. The van der Waals surface area contributed by atoms with Gasteiger partial charge in [-0.15, -0.1) is 0 Å². The van der Waals surface area contributed by atoms with Gasteiger partial charge in [-0.3, -0.25) is 4.79 Å². The summed E-state index contributed by atoms with van der Waals surface area (Å²) in [5.74, 6) is -1.34. The van der Waals surface area contributed by atoms with Crippen LogP contribution in [0.4, 0.5) is 0 Å². The Kier molecular flexibility index (Phi) is 5.58. The maximum Gasteiger partial charge on any atom is 0.330 e. The van der Waals surface area contributed by atoms with Gasteiger partial charge in [0.2, 0.25) is 0 Å². The highest BCUT2D eigenvalue weighted by Gasteiger charge is 2.35. The van der Waals surface area contributed by atoms with Crippen LogP contribution in [-0.4, -0.2) is 23.7 Å². The second-order valence-corrected chi connectivity index (χ2v) is 5.85. The molecule has 0 spiro atoms. The number of carbonyl (C=O) groups is 2. The van der Waals surface area contributed by atoms with Gasteiger partial charge in [0, 0.05) is 6.08 Å². The number of carboxylic acid groups (broad SMARTS) is 1. The van der Waals surface area contributed by atoms with Crippen molar-refractivity contribution in [1.29, 1.82) is 0 Å². The van der Waals surface area contributed by atoms with E-state index in [4.69, 9.17) is 9.84 Å². The molecule has 1 fully saturated rings. The van der Waals surface area contributed by atoms with Crippen LogP contribution in [0.25, 0.3) is 0 Å². The van der Waals surface area contributed by atoms with E-state index in [9.17, 15) is 9.59 Å². The molecule has 4 heteroatoms. The molecule has 1 aliphatic carbocycles. The highest BCUT2D eigenvalue weighted by Crippen LogP contribution is 2.42. The molecule has 0 aromatic heterocycles. The summed E-state index contributed by atoms with van der Waals surface area (Å²) in [5, 5.41) is 9.07. The summed E-state index contributed by atoms with van der Waals surface area (Å²) in [6, 6.07) is 0. The first-order chi connectivity index (χ1) is 8.86. The first kappa shape index (κ1) is 15.7. The minimum absolute atomic E-state index is 0.245. The lowest BCUT2D eigenvalue weighted by atomic mass is 9.68. The Morgan fingerprint density at radius 1 is 1.47 bits per heavy atom. The number of unbranched alkanes of at least 4 members (excludes halogenated alkanes) is 1. The number of rotatable bonds is 5. The average molecular weight is 268 g/mol. The van der Waals surface area contributed by atoms with E-state index in [0.29, 0.717) is 25.9 Å².